The van der Waals surface area contributed by atoms with Gasteiger partial charge in [-0.05, 0) is 31.2 Å². The molecule has 0 spiro atoms. The highest BCUT2D eigenvalue weighted by atomic mass is 16.5. The molecule has 1 unspecified atom stereocenters. The Bertz CT molecular complexity index is 528. The van der Waals surface area contributed by atoms with Crippen molar-refractivity contribution in [1.82, 2.24) is 10.3 Å². The second-order valence-electron chi connectivity index (χ2n) is 4.59. The van der Waals surface area contributed by atoms with Gasteiger partial charge in [-0.2, -0.15) is 0 Å². The molecule has 0 aliphatic carbocycles. The fraction of sp³-hybridized carbons (Fsp3) is 0.429. The smallest absolute Gasteiger partial charge is 0.120 e. The molecule has 4 heteroatoms. The highest BCUT2D eigenvalue weighted by Crippen LogP contribution is 2.26. The molecule has 1 aliphatic rings. The molecule has 1 fully saturated rings. The molecule has 1 saturated heterocycles. The highest BCUT2D eigenvalue weighted by molar-refractivity contribution is 5.82. The molecule has 0 saturated carbocycles. The van der Waals surface area contributed by atoms with Crippen molar-refractivity contribution in [3.63, 3.8) is 0 Å². The van der Waals surface area contributed by atoms with Crippen LogP contribution in [0.1, 0.15) is 18.2 Å². The van der Waals surface area contributed by atoms with Crippen molar-refractivity contribution in [3.05, 3.63) is 30.0 Å². The molecule has 1 aromatic carbocycles. The zero-order valence-corrected chi connectivity index (χ0v) is 10.5. The van der Waals surface area contributed by atoms with Crippen LogP contribution in [0.4, 0.5) is 0 Å². The minimum atomic E-state index is 0.117. The Hall–Kier alpha value is -1.52. The quantitative estimate of drug-likeness (QED) is 0.854. The van der Waals surface area contributed by atoms with Gasteiger partial charge in [-0.3, -0.25) is 0 Å². The summed E-state index contributed by atoms with van der Waals surface area (Å²) in [6.45, 7) is 2.71. The zero-order valence-electron chi connectivity index (χ0n) is 10.5. The lowest BCUT2D eigenvalue weighted by Gasteiger charge is -2.12. The van der Waals surface area contributed by atoms with Crippen molar-refractivity contribution in [1.29, 1.82) is 0 Å². The first-order valence-electron chi connectivity index (χ1n) is 6.36. The van der Waals surface area contributed by atoms with Gasteiger partial charge in [-0.15, -0.1) is 0 Å². The van der Waals surface area contributed by atoms with Gasteiger partial charge < -0.3 is 19.8 Å². The van der Waals surface area contributed by atoms with Crippen molar-refractivity contribution in [2.24, 2.45) is 0 Å². The van der Waals surface area contributed by atoms with Gasteiger partial charge in [0.25, 0.3) is 0 Å². The summed E-state index contributed by atoms with van der Waals surface area (Å²) in [5.74, 6) is 0.871. The van der Waals surface area contributed by atoms with E-state index in [4.69, 9.17) is 9.47 Å². The standard InChI is InChI=1S/C14H18N2O2/c1-17-11-4-3-10-7-13(16-12(10)8-11)14-9-15-5-2-6-18-14/h3-4,7-8,14-16H,2,5-6,9H2,1H3. The zero-order chi connectivity index (χ0) is 12.4. The first-order chi connectivity index (χ1) is 8.86. The summed E-state index contributed by atoms with van der Waals surface area (Å²) < 4.78 is 11.1. The number of ether oxygens (including phenoxy) is 2. The van der Waals surface area contributed by atoms with Gasteiger partial charge in [0.2, 0.25) is 0 Å². The molecule has 96 valence electrons. The number of nitrogens with one attached hydrogen (secondary N) is 2. The number of rotatable bonds is 2. The van der Waals surface area contributed by atoms with E-state index in [0.29, 0.717) is 0 Å². The molecule has 2 aromatic rings. The van der Waals surface area contributed by atoms with Crippen LogP contribution in [0.3, 0.4) is 0 Å². The third kappa shape index (κ3) is 2.21. The molecule has 1 atom stereocenters. The molecule has 0 amide bonds. The molecule has 0 radical (unpaired) electrons. The SMILES string of the molecule is COc1ccc2cc(C3CNCCCO3)[nH]c2c1. The average molecular weight is 246 g/mol. The van der Waals surface area contributed by atoms with Crippen molar-refractivity contribution in [3.8, 4) is 5.75 Å². The number of hydrogen-bond donors (Lipinski definition) is 2. The summed E-state index contributed by atoms with van der Waals surface area (Å²) in [6.07, 6.45) is 1.19. The highest BCUT2D eigenvalue weighted by Gasteiger charge is 2.16. The van der Waals surface area contributed by atoms with E-state index in [0.717, 1.165) is 43.1 Å². The largest absolute Gasteiger partial charge is 0.497 e. The van der Waals surface area contributed by atoms with Gasteiger partial charge in [0.05, 0.1) is 7.11 Å². The summed E-state index contributed by atoms with van der Waals surface area (Å²) in [6, 6.07) is 8.22. The predicted octanol–water partition coefficient (Wildman–Crippen LogP) is 2.23. The fourth-order valence-corrected chi connectivity index (χ4v) is 2.34. The van der Waals surface area contributed by atoms with Gasteiger partial charge in [-0.1, -0.05) is 0 Å². The second-order valence-corrected chi connectivity index (χ2v) is 4.59. The van der Waals surface area contributed by atoms with E-state index in [1.165, 1.54) is 5.39 Å². The van der Waals surface area contributed by atoms with Crippen molar-refractivity contribution in [2.75, 3.05) is 26.8 Å². The summed E-state index contributed by atoms with van der Waals surface area (Å²) in [5.41, 5.74) is 2.23. The minimum absolute atomic E-state index is 0.117. The van der Waals surface area contributed by atoms with E-state index >= 15 is 0 Å². The normalized spacial score (nSPS) is 20.8. The number of H-pyrrole nitrogens is 1. The van der Waals surface area contributed by atoms with Crippen LogP contribution >= 0.6 is 0 Å². The maximum Gasteiger partial charge on any atom is 0.120 e. The molecule has 0 bridgehead atoms. The number of aromatic amines is 1. The van der Waals surface area contributed by atoms with Crippen LogP contribution in [0.15, 0.2) is 24.3 Å². The number of methoxy groups -OCH3 is 1. The van der Waals surface area contributed by atoms with Crippen LogP contribution in [0.25, 0.3) is 10.9 Å². The number of aromatic nitrogens is 1. The fourth-order valence-electron chi connectivity index (χ4n) is 2.34. The van der Waals surface area contributed by atoms with E-state index in [1.807, 2.05) is 12.1 Å². The van der Waals surface area contributed by atoms with Crippen LogP contribution < -0.4 is 10.1 Å². The second kappa shape index (κ2) is 5.00. The lowest BCUT2D eigenvalue weighted by molar-refractivity contribution is 0.0644. The maximum atomic E-state index is 5.85. The summed E-state index contributed by atoms with van der Waals surface area (Å²) >= 11 is 0. The number of benzene rings is 1. The van der Waals surface area contributed by atoms with Crippen LogP contribution in [-0.2, 0) is 4.74 Å². The topological polar surface area (TPSA) is 46.3 Å². The molecule has 1 aliphatic heterocycles. The summed E-state index contributed by atoms with van der Waals surface area (Å²) in [7, 11) is 1.68. The van der Waals surface area contributed by atoms with Gasteiger partial charge in [0, 0.05) is 35.8 Å². The van der Waals surface area contributed by atoms with Crippen LogP contribution in [0, 0.1) is 0 Å². The van der Waals surface area contributed by atoms with E-state index in [9.17, 15) is 0 Å². The molecule has 2 heterocycles. The number of fused-ring (bicyclic) bond motifs is 1. The van der Waals surface area contributed by atoms with Gasteiger partial charge >= 0.3 is 0 Å². The Labute approximate surface area is 106 Å². The molecule has 1 aromatic heterocycles. The summed E-state index contributed by atoms with van der Waals surface area (Å²) in [5, 5.41) is 4.59. The molecular formula is C14H18N2O2. The first-order valence-corrected chi connectivity index (χ1v) is 6.36. The summed E-state index contributed by atoms with van der Waals surface area (Å²) in [4.78, 5) is 3.42. The molecule has 18 heavy (non-hydrogen) atoms. The van der Waals surface area contributed by atoms with E-state index in [-0.39, 0.29) is 6.10 Å². The van der Waals surface area contributed by atoms with Gasteiger partial charge in [-0.25, -0.2) is 0 Å². The average Bonchev–Trinajstić information content (AvgIpc) is 2.63. The Morgan fingerprint density at radius 3 is 3.17 bits per heavy atom. The van der Waals surface area contributed by atoms with Gasteiger partial charge in [0.15, 0.2) is 0 Å². The van der Waals surface area contributed by atoms with Crippen LogP contribution in [-0.4, -0.2) is 31.8 Å². The molecule has 2 N–H and O–H groups in total. The van der Waals surface area contributed by atoms with Crippen molar-refractivity contribution < 1.29 is 9.47 Å². The Balaban J connectivity index is 1.91. The van der Waals surface area contributed by atoms with Gasteiger partial charge in [0.1, 0.15) is 11.9 Å². The maximum absolute atomic E-state index is 5.85. The van der Waals surface area contributed by atoms with Crippen LogP contribution in [0.2, 0.25) is 0 Å². The predicted molar refractivity (Wildman–Crippen MR) is 71.0 cm³/mol. The third-order valence-corrected chi connectivity index (χ3v) is 3.34. The Morgan fingerprint density at radius 2 is 2.28 bits per heavy atom. The van der Waals surface area contributed by atoms with Crippen LogP contribution in [0.5, 0.6) is 5.75 Å². The van der Waals surface area contributed by atoms with Crippen molar-refractivity contribution >= 4 is 10.9 Å². The lowest BCUT2D eigenvalue weighted by Crippen LogP contribution is -2.20. The third-order valence-electron chi connectivity index (χ3n) is 3.34. The van der Waals surface area contributed by atoms with E-state index in [2.05, 4.69) is 22.4 Å². The Kier molecular flexibility index (Phi) is 3.21. The molecule has 4 nitrogen and oxygen atoms in total. The lowest BCUT2D eigenvalue weighted by atomic mass is 10.2. The first kappa shape index (κ1) is 11.6. The minimum Gasteiger partial charge on any atom is -0.497 e. The molecular weight excluding hydrogens is 228 g/mol. The molecule has 3 rings (SSSR count). The van der Waals surface area contributed by atoms with E-state index < -0.39 is 0 Å². The van der Waals surface area contributed by atoms with E-state index in [1.54, 1.807) is 7.11 Å². The Morgan fingerprint density at radius 1 is 1.33 bits per heavy atom. The monoisotopic (exact) mass is 246 g/mol. The van der Waals surface area contributed by atoms with Crippen molar-refractivity contribution in [2.45, 2.75) is 12.5 Å². The number of hydrogen-bond acceptors (Lipinski definition) is 3.